The molecule has 3 heterocycles. The Balaban J connectivity index is 1.61. The molecule has 0 saturated carbocycles. The van der Waals surface area contributed by atoms with Gasteiger partial charge in [-0.15, -0.1) is 0 Å². The first kappa shape index (κ1) is 17.9. The first-order chi connectivity index (χ1) is 12.5. The number of carbonyl (C=O) groups excluding carboxylic acids is 1. The summed E-state index contributed by atoms with van der Waals surface area (Å²) in [5.74, 6) is 1.09. The summed E-state index contributed by atoms with van der Waals surface area (Å²) in [6.45, 7) is 6.16. The molecule has 1 amide bonds. The molecule has 1 saturated heterocycles. The third-order valence-corrected chi connectivity index (χ3v) is 4.60. The fraction of sp³-hybridized carbons (Fsp3) is 0.444. The van der Waals surface area contributed by atoms with Crippen molar-refractivity contribution in [2.75, 3.05) is 38.2 Å². The van der Waals surface area contributed by atoms with E-state index in [9.17, 15) is 9.59 Å². The Kier molecular flexibility index (Phi) is 5.20. The lowest BCUT2D eigenvalue weighted by molar-refractivity contribution is -0.130. The number of aromatic amines is 1. The van der Waals surface area contributed by atoms with Crippen molar-refractivity contribution in [3.05, 3.63) is 45.8 Å². The molecule has 2 aromatic rings. The Morgan fingerprint density at radius 3 is 2.54 bits per heavy atom. The van der Waals surface area contributed by atoms with Gasteiger partial charge in [0.05, 0.1) is 25.4 Å². The minimum absolute atomic E-state index is 0.0447. The molecular weight excluding hydrogens is 334 g/mol. The van der Waals surface area contributed by atoms with Crippen molar-refractivity contribution < 1.29 is 9.53 Å². The summed E-state index contributed by atoms with van der Waals surface area (Å²) in [4.78, 5) is 39.8. The Labute approximate surface area is 151 Å². The minimum atomic E-state index is -0.230. The lowest BCUT2D eigenvalue weighted by Gasteiger charge is -2.36. The van der Waals surface area contributed by atoms with E-state index in [-0.39, 0.29) is 17.9 Å². The zero-order valence-corrected chi connectivity index (χ0v) is 15.3. The van der Waals surface area contributed by atoms with Crippen molar-refractivity contribution in [3.8, 4) is 5.88 Å². The smallest absolute Gasteiger partial charge is 0.254 e. The van der Waals surface area contributed by atoms with Gasteiger partial charge >= 0.3 is 0 Å². The van der Waals surface area contributed by atoms with E-state index < -0.39 is 0 Å². The molecule has 1 N–H and O–H groups in total. The van der Waals surface area contributed by atoms with Crippen LogP contribution in [0.15, 0.2) is 23.1 Å². The zero-order chi connectivity index (χ0) is 18.7. The number of H-pyrrole nitrogens is 1. The van der Waals surface area contributed by atoms with Gasteiger partial charge in [-0.25, -0.2) is 9.97 Å². The van der Waals surface area contributed by atoms with E-state index >= 15 is 0 Å². The van der Waals surface area contributed by atoms with Crippen LogP contribution in [0.25, 0.3) is 0 Å². The predicted molar refractivity (Wildman–Crippen MR) is 97.6 cm³/mol. The standard InChI is InChI=1S/C18H23N5O3/c1-12-15(18(25)21-13(2)20-12)10-17(24)23-8-6-22(7-9-23)14-4-5-16(26-3)19-11-14/h4-5,11H,6-10H2,1-3H3,(H,20,21,25). The normalized spacial score (nSPS) is 14.4. The number of hydrogen-bond donors (Lipinski definition) is 1. The zero-order valence-electron chi connectivity index (χ0n) is 15.3. The van der Waals surface area contributed by atoms with Gasteiger partial charge in [-0.2, -0.15) is 0 Å². The molecule has 0 aromatic carbocycles. The lowest BCUT2D eigenvalue weighted by Crippen LogP contribution is -2.49. The van der Waals surface area contributed by atoms with E-state index in [0.717, 1.165) is 18.8 Å². The van der Waals surface area contributed by atoms with Gasteiger partial charge in [-0.1, -0.05) is 0 Å². The number of methoxy groups -OCH3 is 1. The van der Waals surface area contributed by atoms with Crippen molar-refractivity contribution in [1.82, 2.24) is 19.9 Å². The molecule has 3 rings (SSSR count). The number of carbonyl (C=O) groups is 1. The van der Waals surface area contributed by atoms with E-state index in [1.54, 1.807) is 32.1 Å². The molecule has 0 atom stereocenters. The van der Waals surface area contributed by atoms with Gasteiger partial charge in [0.1, 0.15) is 5.82 Å². The molecular formula is C18H23N5O3. The maximum absolute atomic E-state index is 12.6. The highest BCUT2D eigenvalue weighted by atomic mass is 16.5. The van der Waals surface area contributed by atoms with E-state index in [1.807, 2.05) is 12.1 Å². The number of nitrogens with one attached hydrogen (secondary N) is 1. The number of rotatable bonds is 4. The molecule has 1 aliphatic rings. The number of hydrogen-bond acceptors (Lipinski definition) is 6. The SMILES string of the molecule is COc1ccc(N2CCN(C(=O)Cc3c(C)nc(C)[nH]c3=O)CC2)cn1. The highest BCUT2D eigenvalue weighted by Crippen LogP contribution is 2.18. The van der Waals surface area contributed by atoms with E-state index in [0.29, 0.717) is 36.1 Å². The van der Waals surface area contributed by atoms with Crippen molar-refractivity contribution in [2.45, 2.75) is 20.3 Å². The first-order valence-corrected chi connectivity index (χ1v) is 8.57. The minimum Gasteiger partial charge on any atom is -0.481 e. The van der Waals surface area contributed by atoms with Gasteiger partial charge in [0.2, 0.25) is 11.8 Å². The van der Waals surface area contributed by atoms with Crippen LogP contribution in [0.4, 0.5) is 5.69 Å². The third kappa shape index (κ3) is 3.84. The average Bonchev–Trinajstić information content (AvgIpc) is 2.64. The van der Waals surface area contributed by atoms with E-state index in [1.165, 1.54) is 0 Å². The number of ether oxygens (including phenoxy) is 1. The van der Waals surface area contributed by atoms with Crippen molar-refractivity contribution in [2.24, 2.45) is 0 Å². The maximum Gasteiger partial charge on any atom is 0.254 e. The Hall–Kier alpha value is -2.90. The maximum atomic E-state index is 12.6. The second-order valence-corrected chi connectivity index (χ2v) is 6.32. The highest BCUT2D eigenvalue weighted by Gasteiger charge is 2.23. The Morgan fingerprint density at radius 2 is 1.96 bits per heavy atom. The molecule has 26 heavy (non-hydrogen) atoms. The summed E-state index contributed by atoms with van der Waals surface area (Å²) >= 11 is 0. The number of amides is 1. The topological polar surface area (TPSA) is 91.4 Å². The molecule has 1 fully saturated rings. The molecule has 0 radical (unpaired) electrons. The lowest BCUT2D eigenvalue weighted by atomic mass is 10.1. The molecule has 138 valence electrons. The van der Waals surface area contributed by atoms with Crippen molar-refractivity contribution in [3.63, 3.8) is 0 Å². The molecule has 0 unspecified atom stereocenters. The summed E-state index contributed by atoms with van der Waals surface area (Å²) in [5.41, 5.74) is 1.84. The van der Waals surface area contributed by atoms with Crippen LogP contribution in [0, 0.1) is 13.8 Å². The Morgan fingerprint density at radius 1 is 1.23 bits per heavy atom. The first-order valence-electron chi connectivity index (χ1n) is 8.57. The summed E-state index contributed by atoms with van der Waals surface area (Å²) in [7, 11) is 1.59. The predicted octanol–water partition coefficient (Wildman–Crippen LogP) is 0.682. The molecule has 0 aliphatic carbocycles. The molecule has 0 bridgehead atoms. The number of aromatic nitrogens is 3. The molecule has 2 aromatic heterocycles. The van der Waals surface area contributed by atoms with Crippen LogP contribution in [-0.4, -0.2) is 59.0 Å². The van der Waals surface area contributed by atoms with Crippen LogP contribution in [0.5, 0.6) is 5.88 Å². The molecule has 1 aliphatic heterocycles. The molecule has 8 nitrogen and oxygen atoms in total. The van der Waals surface area contributed by atoms with Gasteiger partial charge in [0, 0.05) is 43.5 Å². The summed E-state index contributed by atoms with van der Waals surface area (Å²) in [6.07, 6.45) is 1.86. The average molecular weight is 357 g/mol. The number of aryl methyl sites for hydroxylation is 2. The van der Waals surface area contributed by atoms with Crippen LogP contribution in [0.1, 0.15) is 17.1 Å². The molecule has 8 heteroatoms. The van der Waals surface area contributed by atoms with E-state index in [4.69, 9.17) is 4.74 Å². The Bertz CT molecular complexity index is 839. The van der Waals surface area contributed by atoms with Crippen LogP contribution in [-0.2, 0) is 11.2 Å². The third-order valence-electron chi connectivity index (χ3n) is 4.60. The van der Waals surface area contributed by atoms with Gasteiger partial charge in [-0.05, 0) is 19.9 Å². The second-order valence-electron chi connectivity index (χ2n) is 6.32. The second kappa shape index (κ2) is 7.55. The summed E-state index contributed by atoms with van der Waals surface area (Å²) in [5, 5.41) is 0. The number of anilines is 1. The summed E-state index contributed by atoms with van der Waals surface area (Å²) in [6, 6.07) is 3.79. The molecule has 0 spiro atoms. The highest BCUT2D eigenvalue weighted by molar-refractivity contribution is 5.79. The van der Waals surface area contributed by atoms with Crippen LogP contribution < -0.4 is 15.2 Å². The van der Waals surface area contributed by atoms with E-state index in [2.05, 4.69) is 19.9 Å². The quantitative estimate of drug-likeness (QED) is 0.865. The van der Waals surface area contributed by atoms with Crippen LogP contribution in [0.2, 0.25) is 0 Å². The fourth-order valence-electron chi connectivity index (χ4n) is 3.12. The fourth-order valence-corrected chi connectivity index (χ4v) is 3.12. The van der Waals surface area contributed by atoms with Crippen molar-refractivity contribution in [1.29, 1.82) is 0 Å². The van der Waals surface area contributed by atoms with Gasteiger partial charge in [-0.3, -0.25) is 9.59 Å². The van der Waals surface area contributed by atoms with Gasteiger partial charge < -0.3 is 19.5 Å². The van der Waals surface area contributed by atoms with Crippen molar-refractivity contribution >= 4 is 11.6 Å². The number of nitrogens with zero attached hydrogens (tertiary/aromatic N) is 4. The summed E-state index contributed by atoms with van der Waals surface area (Å²) < 4.78 is 5.07. The number of pyridine rings is 1. The van der Waals surface area contributed by atoms with Crippen LogP contribution >= 0.6 is 0 Å². The van der Waals surface area contributed by atoms with Crippen LogP contribution in [0.3, 0.4) is 0 Å². The monoisotopic (exact) mass is 357 g/mol. The number of piperazine rings is 1. The van der Waals surface area contributed by atoms with Gasteiger partial charge in [0.25, 0.3) is 5.56 Å². The largest absolute Gasteiger partial charge is 0.481 e. The van der Waals surface area contributed by atoms with Gasteiger partial charge in [0.15, 0.2) is 0 Å².